The number of amides is 1. The summed E-state index contributed by atoms with van der Waals surface area (Å²) in [5.74, 6) is -2.16. The summed E-state index contributed by atoms with van der Waals surface area (Å²) in [5, 5.41) is 2.59. The molecular formula is C21H23F2N3O4S. The number of anilines is 1. The summed E-state index contributed by atoms with van der Waals surface area (Å²) in [4.78, 5) is 16.6. The van der Waals surface area contributed by atoms with E-state index in [4.69, 9.17) is 4.74 Å². The molecule has 0 saturated carbocycles. The Kier molecular flexibility index (Phi) is 7.21. The van der Waals surface area contributed by atoms with E-state index in [9.17, 15) is 22.0 Å². The highest BCUT2D eigenvalue weighted by atomic mass is 32.2. The molecule has 2 aromatic rings. The number of carbonyl (C=O) groups is 1. The van der Waals surface area contributed by atoms with Gasteiger partial charge in [-0.05, 0) is 56.2 Å². The fourth-order valence-corrected chi connectivity index (χ4v) is 4.03. The number of hydrogen-bond donors (Lipinski definition) is 2. The second-order valence-electron chi connectivity index (χ2n) is 7.09. The van der Waals surface area contributed by atoms with Crippen LogP contribution in [0.1, 0.15) is 32.6 Å². The number of sulfonamides is 1. The van der Waals surface area contributed by atoms with Crippen molar-refractivity contribution in [3.8, 4) is 5.75 Å². The van der Waals surface area contributed by atoms with Gasteiger partial charge in [-0.15, -0.1) is 0 Å². The van der Waals surface area contributed by atoms with Gasteiger partial charge >= 0.3 is 0 Å². The molecule has 1 heterocycles. The first kappa shape index (κ1) is 22.7. The maximum Gasteiger partial charge on any atom is 0.265 e. The summed E-state index contributed by atoms with van der Waals surface area (Å²) in [6, 6.07) is 8.62. The molecule has 0 saturated heterocycles. The highest BCUT2D eigenvalue weighted by Crippen LogP contribution is 2.19. The minimum Gasteiger partial charge on any atom is -0.481 e. The molecule has 2 aromatic carbocycles. The molecule has 1 unspecified atom stereocenters. The third-order valence-corrected chi connectivity index (χ3v) is 6.03. The van der Waals surface area contributed by atoms with Crippen molar-refractivity contribution in [3.63, 3.8) is 0 Å². The van der Waals surface area contributed by atoms with Gasteiger partial charge in [-0.3, -0.25) is 14.5 Å². The lowest BCUT2D eigenvalue weighted by atomic mass is 10.2. The molecule has 2 N–H and O–H groups in total. The van der Waals surface area contributed by atoms with E-state index < -0.39 is 33.7 Å². The Morgan fingerprint density at radius 3 is 2.52 bits per heavy atom. The second kappa shape index (κ2) is 9.86. The van der Waals surface area contributed by atoms with Gasteiger partial charge in [0.2, 0.25) is 0 Å². The minimum atomic E-state index is -3.77. The highest BCUT2D eigenvalue weighted by Gasteiger charge is 2.19. The summed E-state index contributed by atoms with van der Waals surface area (Å²) >= 11 is 0. The standard InChI is InChI=1S/C21H23F2N3O4S/c1-14(30-16-8-11-18(22)19(23)13-16)21(27)25-15-6-9-17(10-7-15)31(28,29)26-20-5-3-2-4-12-24-20/h6-11,13-14H,2-5,12H2,1H3,(H,24,26)(H,25,27). The molecule has 0 radical (unpaired) electrons. The molecule has 166 valence electrons. The summed E-state index contributed by atoms with van der Waals surface area (Å²) in [6.45, 7) is 2.06. The van der Waals surface area contributed by atoms with E-state index >= 15 is 0 Å². The Labute approximate surface area is 179 Å². The van der Waals surface area contributed by atoms with Crippen molar-refractivity contribution < 1.29 is 26.7 Å². The Hall–Kier alpha value is -3.01. The van der Waals surface area contributed by atoms with Crippen LogP contribution in [0, 0.1) is 11.6 Å². The van der Waals surface area contributed by atoms with Crippen LogP contribution in [-0.4, -0.2) is 32.8 Å². The van der Waals surface area contributed by atoms with Crippen LogP contribution in [0.15, 0.2) is 52.4 Å². The fraction of sp³-hybridized carbons (Fsp3) is 0.333. The summed E-state index contributed by atoms with van der Waals surface area (Å²) in [6.07, 6.45) is 2.43. The van der Waals surface area contributed by atoms with Gasteiger partial charge in [0.25, 0.3) is 15.9 Å². The largest absolute Gasteiger partial charge is 0.481 e. The van der Waals surface area contributed by atoms with Crippen LogP contribution < -0.4 is 14.8 Å². The summed E-state index contributed by atoms with van der Waals surface area (Å²) in [5.41, 5.74) is 0.358. The van der Waals surface area contributed by atoms with Crippen LogP contribution >= 0.6 is 0 Å². The van der Waals surface area contributed by atoms with Gasteiger partial charge in [-0.2, -0.15) is 0 Å². The monoisotopic (exact) mass is 451 g/mol. The van der Waals surface area contributed by atoms with Gasteiger partial charge < -0.3 is 10.1 Å². The molecule has 1 aliphatic heterocycles. The van der Waals surface area contributed by atoms with Crippen LogP contribution in [-0.2, 0) is 14.8 Å². The van der Waals surface area contributed by atoms with Crippen molar-refractivity contribution in [2.75, 3.05) is 11.9 Å². The molecular weight excluding hydrogens is 428 g/mol. The Morgan fingerprint density at radius 2 is 1.81 bits per heavy atom. The third-order valence-electron chi connectivity index (χ3n) is 4.63. The van der Waals surface area contributed by atoms with E-state index in [0.29, 0.717) is 24.5 Å². The smallest absolute Gasteiger partial charge is 0.265 e. The van der Waals surface area contributed by atoms with E-state index in [1.807, 2.05) is 0 Å². The number of amidine groups is 1. The Morgan fingerprint density at radius 1 is 1.06 bits per heavy atom. The summed E-state index contributed by atoms with van der Waals surface area (Å²) in [7, 11) is -3.77. The van der Waals surface area contributed by atoms with Crippen molar-refractivity contribution in [2.24, 2.45) is 4.99 Å². The number of hydrogen-bond acceptors (Lipinski definition) is 5. The number of halogens is 2. The van der Waals surface area contributed by atoms with E-state index in [1.54, 1.807) is 0 Å². The van der Waals surface area contributed by atoms with Crippen molar-refractivity contribution in [1.82, 2.24) is 4.72 Å². The van der Waals surface area contributed by atoms with E-state index in [0.717, 1.165) is 31.4 Å². The predicted octanol–water partition coefficient (Wildman–Crippen LogP) is 3.62. The molecule has 1 atom stereocenters. The maximum atomic E-state index is 13.3. The first-order valence-corrected chi connectivity index (χ1v) is 11.3. The zero-order chi connectivity index (χ0) is 22.4. The summed E-state index contributed by atoms with van der Waals surface area (Å²) < 4.78 is 59.2. The number of benzene rings is 2. The van der Waals surface area contributed by atoms with Gasteiger partial charge in [0, 0.05) is 24.7 Å². The van der Waals surface area contributed by atoms with Crippen LogP contribution in [0.25, 0.3) is 0 Å². The first-order valence-electron chi connectivity index (χ1n) is 9.83. The molecule has 1 aliphatic rings. The lowest BCUT2D eigenvalue weighted by Crippen LogP contribution is -2.31. The average Bonchev–Trinajstić information content (AvgIpc) is 2.99. The van der Waals surface area contributed by atoms with Crippen LogP contribution in [0.3, 0.4) is 0 Å². The van der Waals surface area contributed by atoms with Crippen LogP contribution in [0.2, 0.25) is 0 Å². The SMILES string of the molecule is CC(Oc1ccc(F)c(F)c1)C(=O)Nc1ccc(S(=O)(=O)NC2=NCCCCC2)cc1. The maximum absolute atomic E-state index is 13.3. The molecule has 1 amide bonds. The van der Waals surface area contributed by atoms with Gasteiger partial charge in [-0.1, -0.05) is 6.42 Å². The molecule has 7 nitrogen and oxygen atoms in total. The molecule has 0 spiro atoms. The van der Waals surface area contributed by atoms with Gasteiger partial charge in [-0.25, -0.2) is 17.2 Å². The van der Waals surface area contributed by atoms with E-state index in [1.165, 1.54) is 37.3 Å². The molecule has 10 heteroatoms. The normalized spacial score (nSPS) is 15.4. The highest BCUT2D eigenvalue weighted by molar-refractivity contribution is 7.90. The van der Waals surface area contributed by atoms with Crippen molar-refractivity contribution in [3.05, 3.63) is 54.1 Å². The zero-order valence-corrected chi connectivity index (χ0v) is 17.7. The number of aliphatic imine (C=N–C) groups is 1. The number of rotatable bonds is 6. The fourth-order valence-electron chi connectivity index (χ4n) is 2.94. The Bertz CT molecular complexity index is 1070. The third kappa shape index (κ3) is 6.24. The van der Waals surface area contributed by atoms with Crippen molar-refractivity contribution in [2.45, 2.75) is 43.6 Å². The van der Waals surface area contributed by atoms with Gasteiger partial charge in [0.05, 0.1) is 4.90 Å². The van der Waals surface area contributed by atoms with E-state index in [-0.39, 0.29) is 10.6 Å². The molecule has 0 bridgehead atoms. The average molecular weight is 451 g/mol. The quantitative estimate of drug-likeness (QED) is 0.701. The number of ether oxygens (including phenoxy) is 1. The van der Waals surface area contributed by atoms with Crippen LogP contribution in [0.4, 0.5) is 14.5 Å². The van der Waals surface area contributed by atoms with Crippen molar-refractivity contribution in [1.29, 1.82) is 0 Å². The first-order chi connectivity index (χ1) is 14.7. The van der Waals surface area contributed by atoms with Gasteiger partial charge in [0.15, 0.2) is 17.7 Å². The molecule has 31 heavy (non-hydrogen) atoms. The molecule has 0 aliphatic carbocycles. The number of carbonyl (C=O) groups excluding carboxylic acids is 1. The van der Waals surface area contributed by atoms with Crippen molar-refractivity contribution >= 4 is 27.5 Å². The number of nitrogens with one attached hydrogen (secondary N) is 2. The molecule has 0 fully saturated rings. The zero-order valence-electron chi connectivity index (χ0n) is 16.9. The van der Waals surface area contributed by atoms with Gasteiger partial charge in [0.1, 0.15) is 11.6 Å². The number of nitrogens with zero attached hydrogens (tertiary/aromatic N) is 1. The topological polar surface area (TPSA) is 96.9 Å². The Balaban J connectivity index is 1.60. The predicted molar refractivity (Wildman–Crippen MR) is 113 cm³/mol. The lowest BCUT2D eigenvalue weighted by Gasteiger charge is -2.15. The minimum absolute atomic E-state index is 0.00972. The molecule has 3 rings (SSSR count). The molecule has 0 aromatic heterocycles. The van der Waals surface area contributed by atoms with Crippen LogP contribution in [0.5, 0.6) is 5.75 Å². The van der Waals surface area contributed by atoms with E-state index in [2.05, 4.69) is 15.0 Å². The lowest BCUT2D eigenvalue weighted by molar-refractivity contribution is -0.122. The second-order valence-corrected chi connectivity index (χ2v) is 8.78.